The van der Waals surface area contributed by atoms with Gasteiger partial charge in [0.2, 0.25) is 11.7 Å². The fraction of sp³-hybridized carbons (Fsp3) is 0.633. The number of hydrogen-bond acceptors (Lipinski definition) is 9. The number of amides is 1. The van der Waals surface area contributed by atoms with E-state index in [2.05, 4.69) is 0 Å². The first-order valence-corrected chi connectivity index (χ1v) is 14.2. The van der Waals surface area contributed by atoms with Gasteiger partial charge in [-0.2, -0.15) is 0 Å². The Morgan fingerprint density at radius 1 is 1.10 bits per heavy atom. The summed E-state index contributed by atoms with van der Waals surface area (Å²) in [5.41, 5.74) is 5.07. The Bertz CT molecular complexity index is 1280. The van der Waals surface area contributed by atoms with Gasteiger partial charge in [-0.25, -0.2) is 0 Å². The monoisotopic (exact) mass is 555 g/mol. The number of carbonyl (C=O) groups is 3. The molecule has 0 spiro atoms. The Hall–Kier alpha value is -2.95. The minimum Gasteiger partial charge on any atom is -0.507 e. The topological polar surface area (TPSA) is 165 Å². The lowest BCUT2D eigenvalue weighted by Crippen LogP contribution is -2.73. The third kappa shape index (κ3) is 4.14. The second-order valence-electron chi connectivity index (χ2n) is 12.6. The maximum absolute atomic E-state index is 14.1. The first-order valence-electron chi connectivity index (χ1n) is 14.2. The molecule has 4 aliphatic carbocycles. The van der Waals surface area contributed by atoms with Gasteiger partial charge in [0.15, 0.2) is 11.4 Å². The van der Waals surface area contributed by atoms with Crippen LogP contribution >= 0.6 is 0 Å². The molecule has 5 rings (SSSR count). The van der Waals surface area contributed by atoms with E-state index in [0.29, 0.717) is 29.9 Å². The lowest BCUT2D eigenvalue weighted by atomic mass is 9.54. The van der Waals surface area contributed by atoms with Crippen LogP contribution in [-0.2, 0) is 27.2 Å². The van der Waals surface area contributed by atoms with Gasteiger partial charge in [-0.15, -0.1) is 0 Å². The van der Waals surface area contributed by atoms with E-state index in [1.807, 2.05) is 25.1 Å². The molecule has 1 aromatic carbocycles. The molecule has 0 heterocycles. The quantitative estimate of drug-likeness (QED) is 0.337. The average Bonchev–Trinajstić information content (AvgIpc) is 2.87. The third-order valence-corrected chi connectivity index (χ3v) is 9.86. The Morgan fingerprint density at radius 3 is 2.33 bits per heavy atom. The lowest BCUT2D eigenvalue weighted by Gasteiger charge is -2.53. The Labute approximate surface area is 234 Å². The zero-order chi connectivity index (χ0) is 29.3. The van der Waals surface area contributed by atoms with Crippen LogP contribution in [0.4, 0.5) is 5.69 Å². The molecule has 1 aromatic rings. The first-order chi connectivity index (χ1) is 18.8. The fourth-order valence-electron chi connectivity index (χ4n) is 7.96. The molecule has 4 aliphatic rings. The predicted molar refractivity (Wildman–Crippen MR) is 149 cm³/mol. The summed E-state index contributed by atoms with van der Waals surface area (Å²) in [6, 6.07) is 1.06. The van der Waals surface area contributed by atoms with Gasteiger partial charge < -0.3 is 36.0 Å². The Balaban J connectivity index is 1.66. The van der Waals surface area contributed by atoms with Crippen LogP contribution < -0.4 is 10.6 Å². The summed E-state index contributed by atoms with van der Waals surface area (Å²) >= 11 is 0. The highest BCUT2D eigenvalue weighted by Gasteiger charge is 2.67. The van der Waals surface area contributed by atoms with E-state index >= 15 is 0 Å². The number of ketones is 2. The van der Waals surface area contributed by atoms with Crippen molar-refractivity contribution in [1.82, 2.24) is 4.90 Å². The maximum atomic E-state index is 14.1. The largest absolute Gasteiger partial charge is 0.507 e. The molecule has 0 saturated heterocycles. The summed E-state index contributed by atoms with van der Waals surface area (Å²) < 4.78 is 0. The average molecular weight is 556 g/mol. The van der Waals surface area contributed by atoms with Gasteiger partial charge in [0.05, 0.1) is 11.7 Å². The number of aliphatic hydroxyl groups excluding tert-OH is 2. The zero-order valence-electron chi connectivity index (χ0n) is 23.7. The first kappa shape index (κ1) is 28.6. The number of aromatic hydroxyl groups is 1. The molecule has 0 bridgehead atoms. The molecule has 10 heteroatoms. The Kier molecular flexibility index (Phi) is 7.25. The number of fused-ring (bicyclic) bond motifs is 3. The van der Waals surface area contributed by atoms with E-state index in [1.54, 1.807) is 19.0 Å². The summed E-state index contributed by atoms with van der Waals surface area (Å²) in [6.45, 7) is 0. The van der Waals surface area contributed by atoms with Crippen molar-refractivity contribution in [3.05, 3.63) is 28.3 Å². The summed E-state index contributed by atoms with van der Waals surface area (Å²) in [5.74, 6) is -6.74. The van der Waals surface area contributed by atoms with E-state index in [1.165, 1.54) is 6.42 Å². The molecule has 40 heavy (non-hydrogen) atoms. The number of likely N-dealkylation sites (N-methyl/N-ethyl adjacent to an activating group) is 1. The van der Waals surface area contributed by atoms with Gasteiger partial charge in [-0.3, -0.25) is 14.4 Å². The van der Waals surface area contributed by atoms with Crippen LogP contribution in [0.1, 0.15) is 55.2 Å². The number of rotatable bonds is 5. The number of benzene rings is 1. The second-order valence-corrected chi connectivity index (χ2v) is 12.6. The van der Waals surface area contributed by atoms with Gasteiger partial charge in [-0.05, 0) is 62.4 Å². The third-order valence-electron chi connectivity index (χ3n) is 9.86. The van der Waals surface area contributed by atoms with Crippen molar-refractivity contribution in [3.63, 3.8) is 0 Å². The molecule has 3 unspecified atom stereocenters. The molecule has 6 atom stereocenters. The van der Waals surface area contributed by atoms with E-state index < -0.39 is 58.7 Å². The van der Waals surface area contributed by atoms with Crippen LogP contribution in [0.15, 0.2) is 11.6 Å². The zero-order valence-corrected chi connectivity index (χ0v) is 23.7. The molecule has 3 fully saturated rings. The normalized spacial score (nSPS) is 32.5. The van der Waals surface area contributed by atoms with Crippen LogP contribution in [0.25, 0.3) is 5.76 Å². The molecule has 6 N–H and O–H groups in total. The number of nitrogens with two attached hydrogens (primary N) is 1. The highest BCUT2D eigenvalue weighted by atomic mass is 16.3. The number of anilines is 1. The van der Waals surface area contributed by atoms with Crippen LogP contribution in [0.5, 0.6) is 5.75 Å². The molecule has 0 aliphatic heterocycles. The van der Waals surface area contributed by atoms with Crippen molar-refractivity contribution < 1.29 is 34.8 Å². The number of nitrogens with zero attached hydrogens (tertiary/aromatic N) is 2. The number of carbonyl (C=O) groups excluding carboxylic acids is 3. The molecule has 0 aromatic heterocycles. The number of primary amides is 1. The van der Waals surface area contributed by atoms with Gasteiger partial charge in [0, 0.05) is 37.3 Å². The fourth-order valence-corrected chi connectivity index (χ4v) is 7.96. The molecule has 3 saturated carbocycles. The van der Waals surface area contributed by atoms with Gasteiger partial charge >= 0.3 is 0 Å². The van der Waals surface area contributed by atoms with E-state index in [4.69, 9.17) is 5.73 Å². The highest BCUT2D eigenvalue weighted by Crippen LogP contribution is 2.54. The van der Waals surface area contributed by atoms with Crippen molar-refractivity contribution in [1.29, 1.82) is 0 Å². The van der Waals surface area contributed by atoms with Gasteiger partial charge in [0.25, 0.3) is 0 Å². The number of aliphatic hydroxyl groups is 3. The number of phenols is 1. The molecule has 0 radical (unpaired) electrons. The molecular formula is C30H41N3O7. The van der Waals surface area contributed by atoms with Crippen molar-refractivity contribution in [2.75, 3.05) is 33.1 Å². The van der Waals surface area contributed by atoms with Crippen molar-refractivity contribution in [3.8, 4) is 5.75 Å². The molecule has 10 nitrogen and oxygen atoms in total. The number of hydrogen-bond donors (Lipinski definition) is 5. The van der Waals surface area contributed by atoms with E-state index in [9.17, 15) is 34.8 Å². The SMILES string of the molecule is CN(C)c1cc(CC2CCCCC2)c(O)c2c1C[C@@H]1C[C@@H]3C(N(C)C)C(O)C(C(N)=O)C(=O)[C@]3(O)C(=O)C1=C2O. The number of Topliss-reactive ketones (excluding diaryl/α,β-unsaturated/α-hetero) is 2. The van der Waals surface area contributed by atoms with Crippen molar-refractivity contribution in [2.24, 2.45) is 29.4 Å². The number of phenolic OH excluding ortho intramolecular Hbond substituents is 1. The molecule has 218 valence electrons. The van der Waals surface area contributed by atoms with Crippen LogP contribution in [-0.4, -0.2) is 88.7 Å². The summed E-state index contributed by atoms with van der Waals surface area (Å²) in [4.78, 5) is 43.3. The van der Waals surface area contributed by atoms with Crippen LogP contribution in [0, 0.1) is 23.7 Å². The summed E-state index contributed by atoms with van der Waals surface area (Å²) in [5, 5.41) is 45.9. The highest BCUT2D eigenvalue weighted by molar-refractivity contribution is 6.25. The van der Waals surface area contributed by atoms with Gasteiger partial charge in [0.1, 0.15) is 17.4 Å². The van der Waals surface area contributed by atoms with Gasteiger partial charge in [-0.1, -0.05) is 32.1 Å². The molecular weight excluding hydrogens is 514 g/mol. The van der Waals surface area contributed by atoms with Crippen LogP contribution in [0.3, 0.4) is 0 Å². The lowest BCUT2D eigenvalue weighted by molar-refractivity contribution is -0.184. The van der Waals surface area contributed by atoms with E-state index in [-0.39, 0.29) is 23.3 Å². The maximum Gasteiger partial charge on any atom is 0.230 e. The van der Waals surface area contributed by atoms with E-state index in [0.717, 1.165) is 31.4 Å². The smallest absolute Gasteiger partial charge is 0.230 e. The predicted octanol–water partition coefficient (Wildman–Crippen LogP) is 1.32. The standard InChI is InChI=1S/C30H41N3O7/c1-32(2)19-13-16(10-14-8-6-5-7-9-14)24(34)21-17(19)11-15-12-18-23(33(3)4)26(36)22(29(31)39)28(38)30(18,40)27(37)20(15)25(21)35/h13-15,18,22-23,26,34-36,40H,5-12H2,1-4H3,(H2,31,39)/t15-,18-,22?,23?,26?,30-/m1/s1. The Morgan fingerprint density at radius 2 is 1.75 bits per heavy atom. The van der Waals surface area contributed by atoms with Crippen LogP contribution in [0.2, 0.25) is 0 Å². The summed E-state index contributed by atoms with van der Waals surface area (Å²) in [6.07, 6.45) is 5.17. The van der Waals surface area contributed by atoms with Crippen molar-refractivity contribution >= 4 is 28.9 Å². The minimum atomic E-state index is -2.65. The summed E-state index contributed by atoms with van der Waals surface area (Å²) in [7, 11) is 7.06. The molecule has 1 amide bonds. The minimum absolute atomic E-state index is 0.0805. The van der Waals surface area contributed by atoms with Crippen molar-refractivity contribution in [2.45, 2.75) is 69.1 Å². The second kappa shape index (κ2) is 10.2.